The Morgan fingerprint density at radius 3 is 2.45 bits per heavy atom. The highest BCUT2D eigenvalue weighted by molar-refractivity contribution is 5.70. The van der Waals surface area contributed by atoms with E-state index in [4.69, 9.17) is 5.11 Å². The summed E-state index contributed by atoms with van der Waals surface area (Å²) in [6.07, 6.45) is 3.90. The minimum atomic E-state index is -0.607. The van der Waals surface area contributed by atoms with E-state index in [1.54, 1.807) is 0 Å². The monoisotopic (exact) mass is 154 g/mol. The van der Waals surface area contributed by atoms with E-state index in [0.717, 1.165) is 11.8 Å². The normalized spacial score (nSPS) is 43.2. The van der Waals surface area contributed by atoms with Gasteiger partial charge in [-0.15, -0.1) is 0 Å². The van der Waals surface area contributed by atoms with Gasteiger partial charge in [0, 0.05) is 0 Å². The summed E-state index contributed by atoms with van der Waals surface area (Å²) in [5, 5.41) is 8.75. The maximum atomic E-state index is 10.6. The fourth-order valence-corrected chi connectivity index (χ4v) is 2.78. The van der Waals surface area contributed by atoms with Crippen LogP contribution in [0.1, 0.15) is 26.2 Å². The Morgan fingerprint density at radius 2 is 2.00 bits per heavy atom. The third-order valence-electron chi connectivity index (χ3n) is 3.44. The fraction of sp³-hybridized carbons (Fsp3) is 0.889. The molecule has 0 saturated heterocycles. The summed E-state index contributed by atoms with van der Waals surface area (Å²) in [5.74, 6) is 1.39. The van der Waals surface area contributed by atoms with Crippen molar-refractivity contribution in [1.82, 2.24) is 0 Å². The van der Waals surface area contributed by atoms with Gasteiger partial charge in [-0.2, -0.15) is 0 Å². The summed E-state index contributed by atoms with van der Waals surface area (Å²) in [7, 11) is 0. The van der Waals surface area contributed by atoms with E-state index in [2.05, 4.69) is 0 Å². The highest BCUT2D eigenvalue weighted by Gasteiger charge is 2.56. The first-order chi connectivity index (χ1) is 5.22. The molecule has 0 aromatic heterocycles. The molecule has 2 fully saturated rings. The topological polar surface area (TPSA) is 37.3 Å². The molecule has 2 aliphatic carbocycles. The molecule has 1 N–H and O–H groups in total. The molecule has 0 radical (unpaired) electrons. The zero-order valence-corrected chi connectivity index (χ0v) is 6.79. The van der Waals surface area contributed by atoms with Crippen molar-refractivity contribution in [2.24, 2.45) is 23.7 Å². The van der Waals surface area contributed by atoms with Crippen LogP contribution in [-0.4, -0.2) is 11.1 Å². The maximum Gasteiger partial charge on any atom is 0.306 e. The van der Waals surface area contributed by atoms with E-state index in [0.29, 0.717) is 5.92 Å². The molecule has 0 amide bonds. The van der Waals surface area contributed by atoms with Gasteiger partial charge in [-0.05, 0) is 30.6 Å². The lowest BCUT2D eigenvalue weighted by molar-refractivity contribution is -0.142. The summed E-state index contributed by atoms with van der Waals surface area (Å²) < 4.78 is 0. The van der Waals surface area contributed by atoms with Crippen LogP contribution in [0, 0.1) is 23.7 Å². The molecule has 2 nitrogen and oxygen atoms in total. The van der Waals surface area contributed by atoms with Gasteiger partial charge in [-0.25, -0.2) is 0 Å². The molecule has 0 spiro atoms. The number of carbonyl (C=O) groups is 1. The average molecular weight is 154 g/mol. The van der Waals surface area contributed by atoms with Crippen molar-refractivity contribution in [3.63, 3.8) is 0 Å². The highest BCUT2D eigenvalue weighted by Crippen LogP contribution is 2.60. The van der Waals surface area contributed by atoms with Crippen molar-refractivity contribution in [1.29, 1.82) is 0 Å². The largest absolute Gasteiger partial charge is 0.481 e. The van der Waals surface area contributed by atoms with Crippen molar-refractivity contribution in [2.75, 3.05) is 0 Å². The lowest BCUT2D eigenvalue weighted by Gasteiger charge is -2.06. The van der Waals surface area contributed by atoms with Crippen LogP contribution in [0.15, 0.2) is 0 Å². The molecule has 0 bridgehead atoms. The van der Waals surface area contributed by atoms with Crippen molar-refractivity contribution >= 4 is 5.97 Å². The Kier molecular flexibility index (Phi) is 1.44. The van der Waals surface area contributed by atoms with E-state index in [1.165, 1.54) is 19.3 Å². The summed E-state index contributed by atoms with van der Waals surface area (Å²) in [6, 6.07) is 0. The Hall–Kier alpha value is -0.530. The van der Waals surface area contributed by atoms with Crippen LogP contribution in [0.2, 0.25) is 0 Å². The van der Waals surface area contributed by atoms with Gasteiger partial charge < -0.3 is 5.11 Å². The second-order valence-corrected chi connectivity index (χ2v) is 3.96. The minimum absolute atomic E-state index is 0.0923. The first-order valence-electron chi connectivity index (χ1n) is 4.44. The smallest absolute Gasteiger partial charge is 0.306 e. The van der Waals surface area contributed by atoms with E-state index < -0.39 is 5.97 Å². The van der Waals surface area contributed by atoms with Crippen LogP contribution >= 0.6 is 0 Å². The van der Waals surface area contributed by atoms with Crippen molar-refractivity contribution in [2.45, 2.75) is 26.2 Å². The number of rotatable bonds is 2. The molecular formula is C9H14O2. The van der Waals surface area contributed by atoms with E-state index in [-0.39, 0.29) is 5.92 Å². The van der Waals surface area contributed by atoms with Crippen molar-refractivity contribution < 1.29 is 9.90 Å². The Bertz CT molecular complexity index is 178. The molecule has 11 heavy (non-hydrogen) atoms. The number of fused-ring (bicyclic) bond motifs is 1. The van der Waals surface area contributed by atoms with Gasteiger partial charge in [0.05, 0.1) is 5.92 Å². The molecule has 0 aromatic rings. The standard InChI is InChI=1S/C9H14O2/c1-5(9(10)11)8-6-3-2-4-7(6)8/h5-8H,2-4H2,1H3,(H,10,11)/t5-,6?,7?,8?/m0/s1. The Balaban J connectivity index is 1.95. The van der Waals surface area contributed by atoms with Gasteiger partial charge >= 0.3 is 5.97 Å². The first kappa shape index (κ1) is 7.14. The second-order valence-electron chi connectivity index (χ2n) is 3.96. The van der Waals surface area contributed by atoms with Gasteiger partial charge in [-0.3, -0.25) is 4.79 Å². The zero-order chi connectivity index (χ0) is 8.01. The van der Waals surface area contributed by atoms with Crippen molar-refractivity contribution in [3.8, 4) is 0 Å². The summed E-state index contributed by atoms with van der Waals surface area (Å²) in [6.45, 7) is 1.85. The molecular weight excluding hydrogens is 140 g/mol. The van der Waals surface area contributed by atoms with Crippen LogP contribution in [0.3, 0.4) is 0 Å². The lowest BCUT2D eigenvalue weighted by Crippen LogP contribution is -2.14. The predicted octanol–water partition coefficient (Wildman–Crippen LogP) is 1.75. The summed E-state index contributed by atoms with van der Waals surface area (Å²) in [4.78, 5) is 10.6. The molecule has 62 valence electrons. The quantitative estimate of drug-likeness (QED) is 0.658. The van der Waals surface area contributed by atoms with Crippen LogP contribution in [-0.2, 0) is 4.79 Å². The Labute approximate surface area is 66.6 Å². The number of carboxylic acid groups (broad SMARTS) is 1. The fourth-order valence-electron chi connectivity index (χ4n) is 2.78. The zero-order valence-electron chi connectivity index (χ0n) is 6.79. The van der Waals surface area contributed by atoms with Gasteiger partial charge in [0.25, 0.3) is 0 Å². The summed E-state index contributed by atoms with van der Waals surface area (Å²) >= 11 is 0. The lowest BCUT2D eigenvalue weighted by atomic mass is 9.99. The molecule has 2 heteroatoms. The van der Waals surface area contributed by atoms with Gasteiger partial charge in [-0.1, -0.05) is 13.3 Å². The second kappa shape index (κ2) is 2.23. The Morgan fingerprint density at radius 1 is 1.45 bits per heavy atom. The van der Waals surface area contributed by atoms with E-state index >= 15 is 0 Å². The number of aliphatic carboxylic acids is 1. The predicted molar refractivity (Wildman–Crippen MR) is 41.1 cm³/mol. The summed E-state index contributed by atoms with van der Waals surface area (Å²) in [5.41, 5.74) is 0. The third kappa shape index (κ3) is 0.959. The molecule has 2 saturated carbocycles. The van der Waals surface area contributed by atoms with Gasteiger partial charge in [0.2, 0.25) is 0 Å². The van der Waals surface area contributed by atoms with Crippen molar-refractivity contribution in [3.05, 3.63) is 0 Å². The highest BCUT2D eigenvalue weighted by atomic mass is 16.4. The van der Waals surface area contributed by atoms with E-state index in [9.17, 15) is 4.79 Å². The SMILES string of the molecule is C[C@H](C(=O)O)C1C2CCCC21. The molecule has 0 aliphatic heterocycles. The molecule has 0 aromatic carbocycles. The van der Waals surface area contributed by atoms with Gasteiger partial charge in [0.15, 0.2) is 0 Å². The van der Waals surface area contributed by atoms with Crippen LogP contribution < -0.4 is 0 Å². The minimum Gasteiger partial charge on any atom is -0.481 e. The first-order valence-corrected chi connectivity index (χ1v) is 4.44. The van der Waals surface area contributed by atoms with E-state index in [1.807, 2.05) is 6.92 Å². The third-order valence-corrected chi connectivity index (χ3v) is 3.44. The van der Waals surface area contributed by atoms with Crippen LogP contribution in [0.4, 0.5) is 0 Å². The van der Waals surface area contributed by atoms with Crippen LogP contribution in [0.5, 0.6) is 0 Å². The number of hydrogen-bond donors (Lipinski definition) is 1. The molecule has 2 rings (SSSR count). The van der Waals surface area contributed by atoms with Gasteiger partial charge in [0.1, 0.15) is 0 Å². The number of carboxylic acids is 1. The molecule has 0 heterocycles. The average Bonchev–Trinajstić information content (AvgIpc) is 2.41. The molecule has 2 aliphatic rings. The molecule has 2 unspecified atom stereocenters. The number of hydrogen-bond acceptors (Lipinski definition) is 1. The maximum absolute atomic E-state index is 10.6. The molecule has 3 atom stereocenters. The van der Waals surface area contributed by atoms with Crippen LogP contribution in [0.25, 0.3) is 0 Å².